The Balaban J connectivity index is 0.00000208. The largest absolute Gasteiger partial charge is 0.353 e. The highest BCUT2D eigenvalue weighted by atomic mass is 35.5. The second kappa shape index (κ2) is 6.82. The van der Waals surface area contributed by atoms with E-state index in [-0.39, 0.29) is 25.5 Å². The standard InChI is InChI=1S/C15H15F2N3O3.ClH/c16-15(17)7-11(19-8-15)12(21)18-5-6-20-13(22)9-3-1-2-4-10(9)14(20)23;/h1-4,11,19H,5-8H2,(H,18,21);1H. The van der Waals surface area contributed by atoms with E-state index >= 15 is 0 Å². The molecule has 0 saturated carbocycles. The Morgan fingerprint density at radius 3 is 2.33 bits per heavy atom. The summed E-state index contributed by atoms with van der Waals surface area (Å²) in [5, 5.41) is 4.92. The molecule has 0 radical (unpaired) electrons. The number of amides is 3. The first-order valence-electron chi connectivity index (χ1n) is 7.23. The summed E-state index contributed by atoms with van der Waals surface area (Å²) in [6.07, 6.45) is -0.550. The molecule has 2 N–H and O–H groups in total. The molecule has 1 fully saturated rings. The van der Waals surface area contributed by atoms with Crippen molar-refractivity contribution in [3.8, 4) is 0 Å². The number of fused-ring (bicyclic) bond motifs is 1. The zero-order valence-corrected chi connectivity index (χ0v) is 13.4. The Morgan fingerprint density at radius 1 is 1.25 bits per heavy atom. The number of nitrogens with zero attached hydrogens (tertiary/aromatic N) is 1. The van der Waals surface area contributed by atoms with Crippen LogP contribution in [0.15, 0.2) is 24.3 Å². The van der Waals surface area contributed by atoms with Crippen molar-refractivity contribution in [2.24, 2.45) is 0 Å². The number of carbonyl (C=O) groups excluding carboxylic acids is 3. The van der Waals surface area contributed by atoms with Crippen molar-refractivity contribution in [2.75, 3.05) is 19.6 Å². The summed E-state index contributed by atoms with van der Waals surface area (Å²) < 4.78 is 26.1. The number of halogens is 3. The fraction of sp³-hybridized carbons (Fsp3) is 0.400. The van der Waals surface area contributed by atoms with Crippen LogP contribution in [0, 0.1) is 0 Å². The third-order valence-corrected chi connectivity index (χ3v) is 3.94. The molecule has 0 spiro atoms. The molecule has 24 heavy (non-hydrogen) atoms. The van der Waals surface area contributed by atoms with Crippen LogP contribution in [-0.4, -0.2) is 54.2 Å². The normalized spacial score (nSPS) is 21.4. The first-order chi connectivity index (χ1) is 10.9. The molecule has 1 aromatic rings. The van der Waals surface area contributed by atoms with Gasteiger partial charge in [0.1, 0.15) is 0 Å². The zero-order chi connectivity index (χ0) is 16.6. The minimum Gasteiger partial charge on any atom is -0.353 e. The smallest absolute Gasteiger partial charge is 0.262 e. The molecule has 0 bridgehead atoms. The van der Waals surface area contributed by atoms with Crippen molar-refractivity contribution in [1.82, 2.24) is 15.5 Å². The van der Waals surface area contributed by atoms with Gasteiger partial charge in [0.25, 0.3) is 17.7 Å². The van der Waals surface area contributed by atoms with Crippen molar-refractivity contribution in [3.63, 3.8) is 0 Å². The molecule has 3 amide bonds. The van der Waals surface area contributed by atoms with Gasteiger partial charge in [0.2, 0.25) is 5.91 Å². The van der Waals surface area contributed by atoms with Crippen molar-refractivity contribution in [1.29, 1.82) is 0 Å². The Bertz CT molecular complexity index is 649. The second-order valence-corrected chi connectivity index (χ2v) is 5.59. The summed E-state index contributed by atoms with van der Waals surface area (Å²) in [5.41, 5.74) is 0.668. The van der Waals surface area contributed by atoms with E-state index in [0.29, 0.717) is 11.1 Å². The van der Waals surface area contributed by atoms with E-state index in [1.807, 2.05) is 0 Å². The van der Waals surface area contributed by atoms with Gasteiger partial charge in [0.15, 0.2) is 0 Å². The molecule has 1 unspecified atom stereocenters. The zero-order valence-electron chi connectivity index (χ0n) is 12.6. The fourth-order valence-corrected chi connectivity index (χ4v) is 2.76. The maximum atomic E-state index is 13.0. The lowest BCUT2D eigenvalue weighted by atomic mass is 10.1. The monoisotopic (exact) mass is 359 g/mol. The molecule has 9 heteroatoms. The van der Waals surface area contributed by atoms with Crippen LogP contribution in [0.25, 0.3) is 0 Å². The summed E-state index contributed by atoms with van der Waals surface area (Å²) >= 11 is 0. The minimum atomic E-state index is -2.88. The minimum absolute atomic E-state index is 0. The van der Waals surface area contributed by atoms with Crippen LogP contribution in [0.3, 0.4) is 0 Å². The average Bonchev–Trinajstić information content (AvgIpc) is 3.00. The molecule has 2 aliphatic rings. The summed E-state index contributed by atoms with van der Waals surface area (Å²) in [6, 6.07) is 5.52. The summed E-state index contributed by atoms with van der Waals surface area (Å²) in [4.78, 5) is 37.0. The Kier molecular flexibility index (Phi) is 5.19. The Morgan fingerprint density at radius 2 is 1.83 bits per heavy atom. The maximum Gasteiger partial charge on any atom is 0.262 e. The van der Waals surface area contributed by atoms with Crippen LogP contribution in [0.4, 0.5) is 8.78 Å². The van der Waals surface area contributed by atoms with Crippen LogP contribution >= 0.6 is 12.4 Å². The van der Waals surface area contributed by atoms with E-state index in [9.17, 15) is 23.2 Å². The van der Waals surface area contributed by atoms with Gasteiger partial charge < -0.3 is 5.32 Å². The molecule has 2 aliphatic heterocycles. The highest BCUT2D eigenvalue weighted by molar-refractivity contribution is 6.21. The predicted molar refractivity (Wildman–Crippen MR) is 83.4 cm³/mol. The van der Waals surface area contributed by atoms with Gasteiger partial charge in [0, 0.05) is 19.5 Å². The molecule has 2 heterocycles. The van der Waals surface area contributed by atoms with E-state index in [0.717, 1.165) is 4.90 Å². The molecule has 130 valence electrons. The van der Waals surface area contributed by atoms with Gasteiger partial charge in [-0.1, -0.05) is 12.1 Å². The van der Waals surface area contributed by atoms with Crippen molar-refractivity contribution in [3.05, 3.63) is 35.4 Å². The average molecular weight is 360 g/mol. The molecule has 6 nitrogen and oxygen atoms in total. The SMILES string of the molecule is Cl.O=C(NCCN1C(=O)c2ccccc2C1=O)C1CC(F)(F)CN1. The number of imide groups is 1. The number of alkyl halides is 2. The molecule has 1 saturated heterocycles. The lowest BCUT2D eigenvalue weighted by Crippen LogP contribution is -2.44. The van der Waals surface area contributed by atoms with Crippen LogP contribution < -0.4 is 10.6 Å². The summed E-state index contributed by atoms with van der Waals surface area (Å²) in [5.74, 6) is -4.26. The topological polar surface area (TPSA) is 78.5 Å². The number of benzene rings is 1. The Labute approximate surface area is 143 Å². The first kappa shape index (κ1) is 18.3. The number of carbonyl (C=O) groups is 3. The van der Waals surface area contributed by atoms with Gasteiger partial charge in [-0.15, -0.1) is 12.4 Å². The number of hydrogen-bond acceptors (Lipinski definition) is 4. The predicted octanol–water partition coefficient (Wildman–Crippen LogP) is 0.818. The van der Waals surface area contributed by atoms with E-state index in [4.69, 9.17) is 0 Å². The van der Waals surface area contributed by atoms with E-state index in [2.05, 4.69) is 10.6 Å². The van der Waals surface area contributed by atoms with Crippen molar-refractivity contribution in [2.45, 2.75) is 18.4 Å². The van der Waals surface area contributed by atoms with Crippen molar-refractivity contribution >= 4 is 30.1 Å². The molecule has 0 aromatic heterocycles. The van der Waals surface area contributed by atoms with Gasteiger partial charge in [0.05, 0.1) is 23.7 Å². The van der Waals surface area contributed by atoms with E-state index < -0.39 is 42.7 Å². The lowest BCUT2D eigenvalue weighted by Gasteiger charge is -2.16. The van der Waals surface area contributed by atoms with Gasteiger partial charge in [-0.2, -0.15) is 0 Å². The maximum absolute atomic E-state index is 13.0. The van der Waals surface area contributed by atoms with Gasteiger partial charge in [-0.05, 0) is 12.1 Å². The number of rotatable bonds is 4. The van der Waals surface area contributed by atoms with Crippen LogP contribution in [0.5, 0.6) is 0 Å². The third-order valence-electron chi connectivity index (χ3n) is 3.94. The molecule has 1 atom stereocenters. The van der Waals surface area contributed by atoms with Gasteiger partial charge in [-0.25, -0.2) is 8.78 Å². The highest BCUT2D eigenvalue weighted by Gasteiger charge is 2.42. The van der Waals surface area contributed by atoms with Crippen molar-refractivity contribution < 1.29 is 23.2 Å². The van der Waals surface area contributed by atoms with Crippen LogP contribution in [-0.2, 0) is 4.79 Å². The van der Waals surface area contributed by atoms with Gasteiger partial charge in [-0.3, -0.25) is 24.6 Å². The number of nitrogens with one attached hydrogen (secondary N) is 2. The Hall–Kier alpha value is -2.06. The molecular weight excluding hydrogens is 344 g/mol. The fourth-order valence-electron chi connectivity index (χ4n) is 2.76. The quantitative estimate of drug-likeness (QED) is 0.780. The van der Waals surface area contributed by atoms with E-state index in [1.165, 1.54) is 0 Å². The third kappa shape index (κ3) is 3.39. The second-order valence-electron chi connectivity index (χ2n) is 5.59. The molecule has 0 aliphatic carbocycles. The summed E-state index contributed by atoms with van der Waals surface area (Å²) in [6.45, 7) is -0.501. The van der Waals surface area contributed by atoms with E-state index in [1.54, 1.807) is 24.3 Å². The lowest BCUT2D eigenvalue weighted by molar-refractivity contribution is -0.123. The summed E-state index contributed by atoms with van der Waals surface area (Å²) in [7, 11) is 0. The van der Waals surface area contributed by atoms with Gasteiger partial charge >= 0.3 is 0 Å². The number of hydrogen-bond donors (Lipinski definition) is 2. The molecular formula is C15H16ClF2N3O3. The highest BCUT2D eigenvalue weighted by Crippen LogP contribution is 2.25. The van der Waals surface area contributed by atoms with Crippen LogP contribution in [0.1, 0.15) is 27.1 Å². The first-order valence-corrected chi connectivity index (χ1v) is 7.23. The van der Waals surface area contributed by atoms with Crippen LogP contribution in [0.2, 0.25) is 0 Å². The molecule has 1 aromatic carbocycles. The molecule has 3 rings (SSSR count).